The lowest BCUT2D eigenvalue weighted by Gasteiger charge is -2.31. The quantitative estimate of drug-likeness (QED) is 0.754. The highest BCUT2D eigenvalue weighted by atomic mass is 35.5. The highest BCUT2D eigenvalue weighted by Crippen LogP contribution is 2.25. The average Bonchev–Trinajstić information content (AvgIpc) is 2.91. The van der Waals surface area contributed by atoms with Crippen LogP contribution in [-0.4, -0.2) is 28.5 Å². The van der Waals surface area contributed by atoms with Crippen LogP contribution < -0.4 is 10.6 Å². The average molecular weight is 357 g/mol. The highest BCUT2D eigenvalue weighted by molar-refractivity contribution is 5.94. The zero-order valence-corrected chi connectivity index (χ0v) is 14.8. The van der Waals surface area contributed by atoms with Crippen LogP contribution in [-0.2, 0) is 4.79 Å². The summed E-state index contributed by atoms with van der Waals surface area (Å²) in [5, 5.41) is 6.25. The standard InChI is InChI=1S/C19H20N4O.ClH/c1-13(14-11-20-12-14)18(24)22-19-21-16-9-5-6-10-17(16)23(19)15-7-3-2-4-8-15;/h2-10,13-14,20H,11-12H2,1H3,(H,21,22,24);1H. The molecule has 4 rings (SSSR count). The molecule has 0 radical (unpaired) electrons. The molecule has 25 heavy (non-hydrogen) atoms. The summed E-state index contributed by atoms with van der Waals surface area (Å²) in [5.41, 5.74) is 2.84. The molecule has 130 valence electrons. The lowest BCUT2D eigenvalue weighted by Crippen LogP contribution is -2.48. The molecule has 0 spiro atoms. The molecule has 1 saturated heterocycles. The summed E-state index contributed by atoms with van der Waals surface area (Å²) in [6.07, 6.45) is 0. The van der Waals surface area contributed by atoms with Gasteiger partial charge >= 0.3 is 0 Å². The number of para-hydroxylation sites is 3. The van der Waals surface area contributed by atoms with Crippen LogP contribution in [0.25, 0.3) is 16.7 Å². The van der Waals surface area contributed by atoms with Crippen LogP contribution >= 0.6 is 12.4 Å². The second-order valence-corrected chi connectivity index (χ2v) is 6.29. The third kappa shape index (κ3) is 3.25. The molecule has 0 bridgehead atoms. The SMILES string of the molecule is CC(C(=O)Nc1nc2ccccc2n1-c1ccccc1)C1CNC1.Cl. The monoisotopic (exact) mass is 356 g/mol. The first-order chi connectivity index (χ1) is 11.7. The fourth-order valence-electron chi connectivity index (χ4n) is 3.05. The van der Waals surface area contributed by atoms with Gasteiger partial charge in [-0.2, -0.15) is 0 Å². The molecule has 1 atom stereocenters. The molecule has 1 aliphatic rings. The number of rotatable bonds is 4. The predicted molar refractivity (Wildman–Crippen MR) is 102 cm³/mol. The van der Waals surface area contributed by atoms with E-state index in [4.69, 9.17) is 0 Å². The number of carbonyl (C=O) groups excluding carboxylic acids is 1. The van der Waals surface area contributed by atoms with Crippen molar-refractivity contribution in [3.05, 3.63) is 54.6 Å². The molecule has 2 N–H and O–H groups in total. The van der Waals surface area contributed by atoms with E-state index < -0.39 is 0 Å². The van der Waals surface area contributed by atoms with Crippen LogP contribution in [0, 0.1) is 11.8 Å². The van der Waals surface area contributed by atoms with Crippen LogP contribution in [0.2, 0.25) is 0 Å². The van der Waals surface area contributed by atoms with Gasteiger partial charge in [-0.3, -0.25) is 14.7 Å². The molecule has 1 unspecified atom stereocenters. The van der Waals surface area contributed by atoms with Crippen molar-refractivity contribution in [1.29, 1.82) is 0 Å². The molecule has 1 amide bonds. The largest absolute Gasteiger partial charge is 0.316 e. The first-order valence-corrected chi connectivity index (χ1v) is 8.28. The fourth-order valence-corrected chi connectivity index (χ4v) is 3.05. The number of nitrogens with zero attached hydrogens (tertiary/aromatic N) is 2. The van der Waals surface area contributed by atoms with Gasteiger partial charge in [0.15, 0.2) is 0 Å². The third-order valence-electron chi connectivity index (χ3n) is 4.74. The number of halogens is 1. The Morgan fingerprint density at radius 1 is 1.16 bits per heavy atom. The molecule has 1 fully saturated rings. The number of fused-ring (bicyclic) bond motifs is 1. The number of aromatic nitrogens is 2. The Labute approximate surface area is 152 Å². The Balaban J connectivity index is 0.00000182. The maximum absolute atomic E-state index is 12.6. The van der Waals surface area contributed by atoms with Gasteiger partial charge in [-0.1, -0.05) is 37.3 Å². The number of hydrogen-bond acceptors (Lipinski definition) is 3. The normalized spacial score (nSPS) is 15.2. The van der Waals surface area contributed by atoms with E-state index in [2.05, 4.69) is 15.6 Å². The molecule has 1 aliphatic heterocycles. The summed E-state index contributed by atoms with van der Waals surface area (Å²) in [6.45, 7) is 3.80. The molecule has 2 aromatic carbocycles. The number of amides is 1. The van der Waals surface area contributed by atoms with E-state index in [1.54, 1.807) is 0 Å². The summed E-state index contributed by atoms with van der Waals surface area (Å²) in [5.74, 6) is 0.968. The highest BCUT2D eigenvalue weighted by Gasteiger charge is 2.29. The van der Waals surface area contributed by atoms with Gasteiger partial charge in [0.1, 0.15) is 0 Å². The van der Waals surface area contributed by atoms with Gasteiger partial charge in [0.2, 0.25) is 11.9 Å². The van der Waals surface area contributed by atoms with E-state index in [9.17, 15) is 4.79 Å². The Morgan fingerprint density at radius 2 is 1.84 bits per heavy atom. The summed E-state index contributed by atoms with van der Waals surface area (Å²) in [4.78, 5) is 17.2. The van der Waals surface area contributed by atoms with Gasteiger partial charge in [-0.25, -0.2) is 4.98 Å². The van der Waals surface area contributed by atoms with Crippen molar-refractivity contribution in [3.8, 4) is 5.69 Å². The molecule has 0 saturated carbocycles. The van der Waals surface area contributed by atoms with Crippen molar-refractivity contribution < 1.29 is 4.79 Å². The van der Waals surface area contributed by atoms with Crippen molar-refractivity contribution in [2.24, 2.45) is 11.8 Å². The Hall–Kier alpha value is -2.37. The van der Waals surface area contributed by atoms with E-state index in [1.165, 1.54) is 0 Å². The van der Waals surface area contributed by atoms with Crippen molar-refractivity contribution in [1.82, 2.24) is 14.9 Å². The minimum atomic E-state index is -0.0321. The van der Waals surface area contributed by atoms with E-state index in [1.807, 2.05) is 66.1 Å². The van der Waals surface area contributed by atoms with Gasteiger partial charge in [0.05, 0.1) is 11.0 Å². The summed E-state index contributed by atoms with van der Waals surface area (Å²) < 4.78 is 2.00. The Morgan fingerprint density at radius 3 is 2.52 bits per heavy atom. The summed E-state index contributed by atoms with van der Waals surface area (Å²) >= 11 is 0. The van der Waals surface area contributed by atoms with Gasteiger partial charge < -0.3 is 5.32 Å². The van der Waals surface area contributed by atoms with Crippen molar-refractivity contribution in [2.45, 2.75) is 6.92 Å². The smallest absolute Gasteiger partial charge is 0.229 e. The number of hydrogen-bond donors (Lipinski definition) is 2. The van der Waals surface area contributed by atoms with Crippen LogP contribution in [0.1, 0.15) is 6.92 Å². The zero-order valence-electron chi connectivity index (χ0n) is 14.0. The fraction of sp³-hybridized carbons (Fsp3) is 0.263. The first kappa shape index (κ1) is 17.5. The van der Waals surface area contributed by atoms with Crippen LogP contribution in [0.5, 0.6) is 0 Å². The molecular formula is C19H21ClN4O. The predicted octanol–water partition coefficient (Wildman–Crippen LogP) is 3.24. The van der Waals surface area contributed by atoms with Crippen LogP contribution in [0.3, 0.4) is 0 Å². The van der Waals surface area contributed by atoms with Crippen molar-refractivity contribution in [2.75, 3.05) is 18.4 Å². The molecule has 3 aromatic rings. The van der Waals surface area contributed by atoms with Gasteiger partial charge in [-0.15, -0.1) is 12.4 Å². The number of imidazole rings is 1. The lowest BCUT2D eigenvalue weighted by molar-refractivity contribution is -0.121. The molecule has 0 aliphatic carbocycles. The molecular weight excluding hydrogens is 336 g/mol. The van der Waals surface area contributed by atoms with E-state index in [0.29, 0.717) is 11.9 Å². The summed E-state index contributed by atoms with van der Waals surface area (Å²) in [6, 6.07) is 17.9. The number of benzene rings is 2. The maximum atomic E-state index is 12.6. The number of carbonyl (C=O) groups is 1. The van der Waals surface area contributed by atoms with Crippen LogP contribution in [0.15, 0.2) is 54.6 Å². The molecule has 5 nitrogen and oxygen atoms in total. The van der Waals surface area contributed by atoms with Crippen LogP contribution in [0.4, 0.5) is 5.95 Å². The van der Waals surface area contributed by atoms with E-state index in [0.717, 1.165) is 29.8 Å². The second-order valence-electron chi connectivity index (χ2n) is 6.29. The maximum Gasteiger partial charge on any atom is 0.229 e. The number of anilines is 1. The zero-order chi connectivity index (χ0) is 16.5. The molecule has 1 aromatic heterocycles. The van der Waals surface area contributed by atoms with Crippen molar-refractivity contribution >= 4 is 35.3 Å². The first-order valence-electron chi connectivity index (χ1n) is 8.28. The van der Waals surface area contributed by atoms with Gasteiger partial charge in [-0.05, 0) is 43.3 Å². The van der Waals surface area contributed by atoms with Gasteiger partial charge in [0, 0.05) is 11.6 Å². The van der Waals surface area contributed by atoms with E-state index >= 15 is 0 Å². The number of nitrogens with one attached hydrogen (secondary N) is 2. The Kier molecular flexibility index (Phi) is 5.06. The Bertz CT molecular complexity index is 874. The molecule has 2 heterocycles. The topological polar surface area (TPSA) is 59.0 Å². The lowest BCUT2D eigenvalue weighted by atomic mass is 9.88. The summed E-state index contributed by atoms with van der Waals surface area (Å²) in [7, 11) is 0. The second kappa shape index (κ2) is 7.25. The van der Waals surface area contributed by atoms with Gasteiger partial charge in [0.25, 0.3) is 0 Å². The minimum Gasteiger partial charge on any atom is -0.316 e. The molecule has 6 heteroatoms. The third-order valence-corrected chi connectivity index (χ3v) is 4.74. The van der Waals surface area contributed by atoms with Crippen molar-refractivity contribution in [3.63, 3.8) is 0 Å². The van der Waals surface area contributed by atoms with E-state index in [-0.39, 0.29) is 24.2 Å². The minimum absolute atomic E-state index is 0.